The van der Waals surface area contributed by atoms with Gasteiger partial charge in [-0.25, -0.2) is 4.79 Å². The molecule has 2 rings (SSSR count). The lowest BCUT2D eigenvalue weighted by atomic mass is 10.0. The molecule has 0 aliphatic rings. The zero-order valence-electron chi connectivity index (χ0n) is 17.0. The molecule has 0 heterocycles. The average Bonchev–Trinajstić information content (AvgIpc) is 2.61. The first-order chi connectivity index (χ1) is 13.0. The fraction of sp³-hybridized carbons (Fsp3) is 0.364. The zero-order valence-corrected chi connectivity index (χ0v) is 17.0. The molecule has 0 bridgehead atoms. The Morgan fingerprint density at radius 3 is 1.89 bits per heavy atom. The molecule has 2 aromatic carbocycles. The van der Waals surface area contributed by atoms with Gasteiger partial charge in [-0.1, -0.05) is 42.0 Å². The number of ether oxygens (including phenoxy) is 1. The van der Waals surface area contributed by atoms with E-state index < -0.39 is 29.7 Å². The summed E-state index contributed by atoms with van der Waals surface area (Å²) in [5, 5.41) is 14.8. The smallest absolute Gasteiger partial charge is 0.408 e. The molecule has 28 heavy (non-hydrogen) atoms. The molecule has 0 radical (unpaired) electrons. The molecule has 0 aromatic heterocycles. The van der Waals surface area contributed by atoms with E-state index in [0.717, 1.165) is 11.1 Å². The minimum Gasteiger partial charge on any atom is -0.444 e. The lowest BCUT2D eigenvalue weighted by Crippen LogP contribution is -2.58. The normalized spacial score (nSPS) is 13.4. The Hall–Kier alpha value is -2.86. The molecule has 6 heteroatoms. The fourth-order valence-electron chi connectivity index (χ4n) is 2.46. The maximum absolute atomic E-state index is 12.6. The second kappa shape index (κ2) is 8.44. The van der Waals surface area contributed by atoms with Crippen LogP contribution in [0.1, 0.15) is 33.3 Å². The monoisotopic (exact) mass is 384 g/mol. The molecule has 6 nitrogen and oxygen atoms in total. The highest BCUT2D eigenvalue weighted by atomic mass is 16.6. The number of hydrogen-bond donors (Lipinski definition) is 3. The summed E-state index contributed by atoms with van der Waals surface area (Å²) in [5.74, 6) is -0.538. The van der Waals surface area contributed by atoms with Crippen LogP contribution >= 0.6 is 0 Å². The van der Waals surface area contributed by atoms with Crippen molar-refractivity contribution in [3.05, 3.63) is 54.1 Å². The third-order valence-electron chi connectivity index (χ3n) is 4.12. The van der Waals surface area contributed by atoms with Crippen LogP contribution in [0, 0.1) is 6.92 Å². The third-order valence-corrected chi connectivity index (χ3v) is 4.12. The van der Waals surface area contributed by atoms with Crippen molar-refractivity contribution < 1.29 is 19.4 Å². The predicted molar refractivity (Wildman–Crippen MR) is 110 cm³/mol. The summed E-state index contributed by atoms with van der Waals surface area (Å²) in [7, 11) is 0. The second-order valence-electron chi connectivity index (χ2n) is 8.01. The summed E-state index contributed by atoms with van der Waals surface area (Å²) in [6.45, 7) is 8.06. The van der Waals surface area contributed by atoms with Crippen molar-refractivity contribution >= 4 is 17.7 Å². The minimum absolute atomic E-state index is 0.538. The Morgan fingerprint density at radius 2 is 1.43 bits per heavy atom. The van der Waals surface area contributed by atoms with Gasteiger partial charge in [0, 0.05) is 5.69 Å². The van der Waals surface area contributed by atoms with E-state index in [9.17, 15) is 14.7 Å². The average molecular weight is 384 g/mol. The van der Waals surface area contributed by atoms with Crippen molar-refractivity contribution in [2.75, 3.05) is 11.9 Å². The van der Waals surface area contributed by atoms with Crippen LogP contribution in [-0.4, -0.2) is 34.9 Å². The van der Waals surface area contributed by atoms with E-state index in [-0.39, 0.29) is 0 Å². The van der Waals surface area contributed by atoms with E-state index in [0.29, 0.717) is 5.69 Å². The summed E-state index contributed by atoms with van der Waals surface area (Å²) < 4.78 is 5.17. The maximum Gasteiger partial charge on any atom is 0.408 e. The minimum atomic E-state index is -1.52. The van der Waals surface area contributed by atoms with Gasteiger partial charge < -0.3 is 20.5 Å². The predicted octanol–water partition coefficient (Wildman–Crippen LogP) is 3.88. The Kier molecular flexibility index (Phi) is 6.46. The van der Waals surface area contributed by atoms with E-state index in [4.69, 9.17) is 4.74 Å². The SMILES string of the molecule is Cc1ccc(-c2ccc(NC(=O)[C@](C)(CO)NC(=O)OC(C)(C)C)cc2)cc1. The lowest BCUT2D eigenvalue weighted by molar-refractivity contribution is -0.123. The number of nitrogens with one attached hydrogen (secondary N) is 2. The summed E-state index contributed by atoms with van der Waals surface area (Å²) in [5.41, 5.74) is 1.63. The molecule has 1 atom stereocenters. The van der Waals surface area contributed by atoms with Crippen molar-refractivity contribution in [2.45, 2.75) is 45.8 Å². The highest BCUT2D eigenvalue weighted by Gasteiger charge is 2.36. The van der Waals surface area contributed by atoms with Crippen LogP contribution in [-0.2, 0) is 9.53 Å². The summed E-state index contributed by atoms with van der Waals surface area (Å²) >= 11 is 0. The third kappa shape index (κ3) is 5.82. The molecule has 0 saturated heterocycles. The summed E-state index contributed by atoms with van der Waals surface area (Å²) in [6.07, 6.45) is -0.770. The summed E-state index contributed by atoms with van der Waals surface area (Å²) in [4.78, 5) is 24.6. The van der Waals surface area contributed by atoms with Gasteiger partial charge in [-0.05, 0) is 57.9 Å². The molecule has 0 aliphatic heterocycles. The molecule has 0 fully saturated rings. The van der Waals surface area contributed by atoms with Gasteiger partial charge in [-0.3, -0.25) is 4.79 Å². The van der Waals surface area contributed by atoms with Crippen LogP contribution in [0.2, 0.25) is 0 Å². The number of alkyl carbamates (subject to hydrolysis) is 1. The number of carbonyl (C=O) groups excluding carboxylic acids is 2. The van der Waals surface area contributed by atoms with Gasteiger partial charge in [0.25, 0.3) is 5.91 Å². The van der Waals surface area contributed by atoms with Crippen molar-refractivity contribution in [1.82, 2.24) is 5.32 Å². The Morgan fingerprint density at radius 1 is 0.929 bits per heavy atom. The first-order valence-electron chi connectivity index (χ1n) is 9.13. The number of aliphatic hydroxyl groups is 1. The molecule has 3 N–H and O–H groups in total. The number of amides is 2. The van der Waals surface area contributed by atoms with Gasteiger partial charge in [-0.2, -0.15) is 0 Å². The number of aliphatic hydroxyl groups excluding tert-OH is 1. The van der Waals surface area contributed by atoms with Gasteiger partial charge in [0.05, 0.1) is 6.61 Å². The second-order valence-corrected chi connectivity index (χ2v) is 8.01. The topological polar surface area (TPSA) is 87.7 Å². The first kappa shape index (κ1) is 21.4. The molecule has 0 saturated carbocycles. The largest absolute Gasteiger partial charge is 0.444 e. The maximum atomic E-state index is 12.6. The molecular weight excluding hydrogens is 356 g/mol. The number of benzene rings is 2. The van der Waals surface area contributed by atoms with Gasteiger partial charge in [-0.15, -0.1) is 0 Å². The molecule has 0 unspecified atom stereocenters. The van der Waals surface area contributed by atoms with Gasteiger partial charge in [0.2, 0.25) is 0 Å². The van der Waals surface area contributed by atoms with Gasteiger partial charge in [0.1, 0.15) is 11.1 Å². The number of carbonyl (C=O) groups is 2. The van der Waals surface area contributed by atoms with Crippen molar-refractivity contribution in [3.8, 4) is 11.1 Å². The van der Waals surface area contributed by atoms with E-state index in [1.807, 2.05) is 43.3 Å². The standard InChI is InChI=1S/C22H28N2O4/c1-15-6-8-16(9-7-15)17-10-12-18(13-11-17)23-19(26)22(5,14-25)24-20(27)28-21(2,3)4/h6-13,25H,14H2,1-5H3,(H,23,26)(H,24,27)/t22-/m0/s1. The molecule has 2 amide bonds. The van der Waals surface area contributed by atoms with Crippen LogP contribution in [0.15, 0.2) is 48.5 Å². The zero-order chi connectivity index (χ0) is 20.9. The molecule has 150 valence electrons. The fourth-order valence-corrected chi connectivity index (χ4v) is 2.46. The Bertz CT molecular complexity index is 823. The highest BCUT2D eigenvalue weighted by Crippen LogP contribution is 2.22. The van der Waals surface area contributed by atoms with E-state index in [2.05, 4.69) is 10.6 Å². The van der Waals surface area contributed by atoms with Crippen LogP contribution in [0.5, 0.6) is 0 Å². The Labute approximate surface area is 165 Å². The Balaban J connectivity index is 2.07. The van der Waals surface area contributed by atoms with Gasteiger partial charge >= 0.3 is 6.09 Å². The van der Waals surface area contributed by atoms with Crippen LogP contribution in [0.3, 0.4) is 0 Å². The van der Waals surface area contributed by atoms with Crippen molar-refractivity contribution in [3.63, 3.8) is 0 Å². The van der Waals surface area contributed by atoms with Crippen molar-refractivity contribution in [2.24, 2.45) is 0 Å². The number of anilines is 1. The lowest BCUT2D eigenvalue weighted by Gasteiger charge is -2.29. The number of hydrogen-bond acceptors (Lipinski definition) is 4. The van der Waals surface area contributed by atoms with E-state index in [1.54, 1.807) is 32.9 Å². The molecule has 0 spiro atoms. The first-order valence-corrected chi connectivity index (χ1v) is 9.13. The summed E-state index contributed by atoms with van der Waals surface area (Å²) in [6, 6.07) is 15.5. The van der Waals surface area contributed by atoms with Crippen LogP contribution < -0.4 is 10.6 Å². The van der Waals surface area contributed by atoms with Crippen LogP contribution in [0.4, 0.5) is 10.5 Å². The highest BCUT2D eigenvalue weighted by molar-refractivity contribution is 6.00. The van der Waals surface area contributed by atoms with Gasteiger partial charge in [0.15, 0.2) is 0 Å². The number of rotatable bonds is 5. The quantitative estimate of drug-likeness (QED) is 0.730. The van der Waals surface area contributed by atoms with Crippen molar-refractivity contribution in [1.29, 1.82) is 0 Å². The number of aryl methyl sites for hydroxylation is 1. The van der Waals surface area contributed by atoms with Crippen LogP contribution in [0.25, 0.3) is 11.1 Å². The molecule has 0 aliphatic carbocycles. The molecule has 2 aromatic rings. The van der Waals surface area contributed by atoms with E-state index >= 15 is 0 Å². The van der Waals surface area contributed by atoms with E-state index in [1.165, 1.54) is 12.5 Å². The molecular formula is C22H28N2O4.